The molecule has 3 heteroatoms. The maximum Gasteiger partial charge on any atom is 0.311 e. The van der Waals surface area contributed by atoms with Crippen molar-refractivity contribution in [2.75, 3.05) is 5.33 Å². The van der Waals surface area contributed by atoms with Crippen molar-refractivity contribution in [1.82, 2.24) is 0 Å². The summed E-state index contributed by atoms with van der Waals surface area (Å²) in [4.78, 5) is 11.5. The molecule has 2 rings (SSSR count). The molecule has 1 atom stereocenters. The van der Waals surface area contributed by atoms with Crippen LogP contribution in [0.25, 0.3) is 0 Å². The summed E-state index contributed by atoms with van der Waals surface area (Å²) in [6.45, 7) is 0. The molecule has 98 valence electrons. The lowest BCUT2D eigenvalue weighted by Crippen LogP contribution is -2.19. The molecule has 2 nitrogen and oxygen atoms in total. The number of carboxylic acids is 1. The van der Waals surface area contributed by atoms with E-state index >= 15 is 0 Å². The minimum Gasteiger partial charge on any atom is -0.481 e. The van der Waals surface area contributed by atoms with E-state index in [9.17, 15) is 9.90 Å². The second-order valence-corrected chi connectivity index (χ2v) is 5.83. The van der Waals surface area contributed by atoms with Gasteiger partial charge in [0.1, 0.15) is 0 Å². The van der Waals surface area contributed by atoms with Crippen LogP contribution in [-0.4, -0.2) is 16.4 Å². The predicted octanol–water partition coefficient (Wildman–Crippen LogP) is 3.98. The second-order valence-electron chi connectivity index (χ2n) is 5.04. The molecule has 0 bridgehead atoms. The molecule has 18 heavy (non-hydrogen) atoms. The van der Waals surface area contributed by atoms with Crippen molar-refractivity contribution in [3.05, 3.63) is 35.4 Å². The summed E-state index contributed by atoms with van der Waals surface area (Å²) < 4.78 is 0. The van der Waals surface area contributed by atoms with Gasteiger partial charge in [-0.2, -0.15) is 0 Å². The SMILES string of the molecule is O=C(O)[C@H](c1ccc(CCBr)cc1)C1CCCC1. The number of alkyl halides is 1. The summed E-state index contributed by atoms with van der Waals surface area (Å²) in [7, 11) is 0. The molecule has 0 radical (unpaired) electrons. The average molecular weight is 311 g/mol. The van der Waals surface area contributed by atoms with Gasteiger partial charge in [0.25, 0.3) is 0 Å². The van der Waals surface area contributed by atoms with Crippen LogP contribution in [0.5, 0.6) is 0 Å². The van der Waals surface area contributed by atoms with Crippen LogP contribution >= 0.6 is 15.9 Å². The van der Waals surface area contributed by atoms with Crippen molar-refractivity contribution in [1.29, 1.82) is 0 Å². The molecule has 1 aromatic carbocycles. The molecule has 0 saturated heterocycles. The Balaban J connectivity index is 2.17. The maximum absolute atomic E-state index is 11.5. The second kappa shape index (κ2) is 6.37. The highest BCUT2D eigenvalue weighted by atomic mass is 79.9. The van der Waals surface area contributed by atoms with Crippen molar-refractivity contribution in [2.24, 2.45) is 5.92 Å². The highest BCUT2D eigenvalue weighted by Gasteiger charge is 2.31. The molecule has 0 unspecified atom stereocenters. The highest BCUT2D eigenvalue weighted by Crippen LogP contribution is 2.37. The number of benzene rings is 1. The predicted molar refractivity (Wildman–Crippen MR) is 76.3 cm³/mol. The van der Waals surface area contributed by atoms with Crippen molar-refractivity contribution < 1.29 is 9.90 Å². The van der Waals surface area contributed by atoms with Crippen LogP contribution < -0.4 is 0 Å². The summed E-state index contributed by atoms with van der Waals surface area (Å²) in [6, 6.07) is 8.10. The lowest BCUT2D eigenvalue weighted by molar-refractivity contribution is -0.140. The van der Waals surface area contributed by atoms with Gasteiger partial charge in [0.2, 0.25) is 0 Å². The summed E-state index contributed by atoms with van der Waals surface area (Å²) in [5.41, 5.74) is 2.22. The fraction of sp³-hybridized carbons (Fsp3) is 0.533. The van der Waals surface area contributed by atoms with Crippen LogP contribution in [0.3, 0.4) is 0 Å². The van der Waals surface area contributed by atoms with Crippen molar-refractivity contribution in [3.8, 4) is 0 Å². The molecule has 0 heterocycles. The van der Waals surface area contributed by atoms with Gasteiger partial charge >= 0.3 is 5.97 Å². The lowest BCUT2D eigenvalue weighted by atomic mass is 9.84. The summed E-state index contributed by atoms with van der Waals surface area (Å²) in [5.74, 6) is -0.662. The number of carbonyl (C=O) groups is 1. The van der Waals surface area contributed by atoms with Gasteiger partial charge in [-0.25, -0.2) is 0 Å². The normalized spacial score (nSPS) is 17.8. The monoisotopic (exact) mass is 310 g/mol. The molecule has 1 aromatic rings. The van der Waals surface area contributed by atoms with Crippen molar-refractivity contribution in [2.45, 2.75) is 38.0 Å². The van der Waals surface area contributed by atoms with E-state index in [-0.39, 0.29) is 5.92 Å². The van der Waals surface area contributed by atoms with E-state index < -0.39 is 5.97 Å². The average Bonchev–Trinajstić information content (AvgIpc) is 2.85. The first-order valence-electron chi connectivity index (χ1n) is 6.60. The third-order valence-corrected chi connectivity index (χ3v) is 4.26. The molecule has 0 aromatic heterocycles. The van der Waals surface area contributed by atoms with Crippen LogP contribution in [0, 0.1) is 5.92 Å². The van der Waals surface area contributed by atoms with E-state index in [1.165, 1.54) is 18.4 Å². The zero-order valence-electron chi connectivity index (χ0n) is 10.4. The van der Waals surface area contributed by atoms with E-state index in [4.69, 9.17) is 0 Å². The fourth-order valence-corrected chi connectivity index (χ4v) is 3.37. The topological polar surface area (TPSA) is 37.3 Å². The standard InChI is InChI=1S/C15H19BrO2/c16-10-9-11-5-7-13(8-6-11)14(15(17)18)12-3-1-2-4-12/h5-8,12,14H,1-4,9-10H2,(H,17,18)/t14-/m0/s1. The molecule has 1 fully saturated rings. The van der Waals surface area contributed by atoms with Crippen LogP contribution in [0.4, 0.5) is 0 Å². The van der Waals surface area contributed by atoms with E-state index in [0.717, 1.165) is 30.2 Å². The maximum atomic E-state index is 11.5. The number of carboxylic acid groups (broad SMARTS) is 1. The third-order valence-electron chi connectivity index (χ3n) is 3.86. The molecular weight excluding hydrogens is 292 g/mol. The first-order chi connectivity index (χ1) is 8.72. The van der Waals surface area contributed by atoms with Crippen LogP contribution in [0.15, 0.2) is 24.3 Å². The van der Waals surface area contributed by atoms with E-state index in [1.54, 1.807) is 0 Å². The Labute approximate surface area is 117 Å². The largest absolute Gasteiger partial charge is 0.481 e. The number of hydrogen-bond acceptors (Lipinski definition) is 1. The Morgan fingerprint density at radius 2 is 1.89 bits per heavy atom. The molecule has 0 spiro atoms. The molecule has 0 aliphatic heterocycles. The van der Waals surface area contributed by atoms with Gasteiger partial charge in [-0.3, -0.25) is 4.79 Å². The summed E-state index contributed by atoms with van der Waals surface area (Å²) in [6.07, 6.45) is 5.45. The first-order valence-corrected chi connectivity index (χ1v) is 7.72. The van der Waals surface area contributed by atoms with Crippen LogP contribution in [-0.2, 0) is 11.2 Å². The third kappa shape index (κ3) is 3.14. The summed E-state index contributed by atoms with van der Waals surface area (Å²) in [5, 5.41) is 10.4. The molecular formula is C15H19BrO2. The molecule has 0 amide bonds. The lowest BCUT2D eigenvalue weighted by Gasteiger charge is -2.19. The molecule has 1 aliphatic carbocycles. The fourth-order valence-electron chi connectivity index (χ4n) is 2.91. The van der Waals surface area contributed by atoms with Gasteiger partial charge in [0.15, 0.2) is 0 Å². The number of rotatable bonds is 5. The Morgan fingerprint density at radius 3 is 2.39 bits per heavy atom. The Kier molecular flexibility index (Phi) is 4.81. The first kappa shape index (κ1) is 13.6. The Morgan fingerprint density at radius 1 is 1.28 bits per heavy atom. The minimum atomic E-state index is -0.671. The van der Waals surface area contributed by atoms with Gasteiger partial charge in [-0.05, 0) is 36.3 Å². The van der Waals surface area contributed by atoms with Gasteiger partial charge in [0.05, 0.1) is 5.92 Å². The number of hydrogen-bond donors (Lipinski definition) is 1. The van der Waals surface area contributed by atoms with Crippen molar-refractivity contribution in [3.63, 3.8) is 0 Å². The van der Waals surface area contributed by atoms with Gasteiger partial charge < -0.3 is 5.11 Å². The quantitative estimate of drug-likeness (QED) is 0.835. The zero-order valence-corrected chi connectivity index (χ0v) is 12.0. The Hall–Kier alpha value is -0.830. The van der Waals surface area contributed by atoms with Gasteiger partial charge in [-0.15, -0.1) is 0 Å². The Bertz CT molecular complexity index is 393. The molecule has 1 N–H and O–H groups in total. The number of aliphatic carboxylic acids is 1. The number of aryl methyl sites for hydroxylation is 1. The van der Waals surface area contributed by atoms with Crippen LogP contribution in [0.1, 0.15) is 42.7 Å². The van der Waals surface area contributed by atoms with E-state index in [0.29, 0.717) is 5.92 Å². The van der Waals surface area contributed by atoms with Gasteiger partial charge in [0, 0.05) is 5.33 Å². The summed E-state index contributed by atoms with van der Waals surface area (Å²) >= 11 is 3.42. The van der Waals surface area contributed by atoms with Crippen LogP contribution in [0.2, 0.25) is 0 Å². The van der Waals surface area contributed by atoms with E-state index in [2.05, 4.69) is 28.1 Å². The minimum absolute atomic E-state index is 0.314. The zero-order chi connectivity index (χ0) is 13.0. The molecule has 1 saturated carbocycles. The van der Waals surface area contributed by atoms with E-state index in [1.807, 2.05) is 12.1 Å². The van der Waals surface area contributed by atoms with Gasteiger partial charge in [-0.1, -0.05) is 53.0 Å². The number of halogens is 1. The molecule has 1 aliphatic rings. The smallest absolute Gasteiger partial charge is 0.311 e. The van der Waals surface area contributed by atoms with Crippen molar-refractivity contribution >= 4 is 21.9 Å². The highest BCUT2D eigenvalue weighted by molar-refractivity contribution is 9.09.